The highest BCUT2D eigenvalue weighted by atomic mass is 16.3. The second-order valence-electron chi connectivity index (χ2n) is 16.4. The third-order valence-electron chi connectivity index (χ3n) is 12.7. The molecule has 1 aromatic heterocycles. The molecule has 300 valence electrons. The topological polar surface area (TPSA) is 16.4 Å². The third kappa shape index (κ3) is 6.35. The maximum absolute atomic E-state index is 6.76. The molecule has 0 N–H and O–H groups in total. The molecule has 0 aliphatic carbocycles. The van der Waals surface area contributed by atoms with Crippen molar-refractivity contribution in [3.63, 3.8) is 0 Å². The summed E-state index contributed by atoms with van der Waals surface area (Å²) in [5, 5.41) is 7.00. The van der Waals surface area contributed by atoms with Gasteiger partial charge in [0.2, 0.25) is 0 Å². The van der Waals surface area contributed by atoms with Crippen molar-refractivity contribution in [2.45, 2.75) is 0 Å². The average Bonchev–Trinajstić information content (AvgIpc) is 3.77. The van der Waals surface area contributed by atoms with Crippen LogP contribution in [0.2, 0.25) is 0 Å². The number of fused-ring (bicyclic) bond motifs is 6. The molecule has 0 unspecified atom stereocenters. The number of para-hydroxylation sites is 3. The smallest absolute Gasteiger partial charge is 0.143 e. The Bertz CT molecular complexity index is 3650. The summed E-state index contributed by atoms with van der Waals surface area (Å²) in [5.74, 6) is 0. The van der Waals surface area contributed by atoms with E-state index in [1.165, 1.54) is 43.8 Å². The Labute approximate surface area is 372 Å². The molecule has 12 rings (SSSR count). The number of hydrogen-bond acceptors (Lipinski definition) is 2. The molecule has 0 amide bonds. The van der Waals surface area contributed by atoms with Gasteiger partial charge in [0, 0.05) is 38.5 Å². The van der Waals surface area contributed by atoms with Crippen molar-refractivity contribution in [3.8, 4) is 55.6 Å². The van der Waals surface area contributed by atoms with Crippen molar-refractivity contribution in [3.05, 3.63) is 249 Å². The van der Waals surface area contributed by atoms with Crippen LogP contribution < -0.4 is 4.90 Å². The summed E-state index contributed by atoms with van der Waals surface area (Å²) in [5.41, 5.74) is 16.4. The van der Waals surface area contributed by atoms with Gasteiger partial charge in [0.25, 0.3) is 0 Å². The van der Waals surface area contributed by atoms with Crippen LogP contribution in [-0.2, 0) is 0 Å². The van der Waals surface area contributed by atoms with E-state index in [1.807, 2.05) is 6.07 Å². The zero-order chi connectivity index (χ0) is 42.4. The quantitative estimate of drug-likeness (QED) is 0.142. The van der Waals surface area contributed by atoms with Crippen molar-refractivity contribution >= 4 is 60.5 Å². The van der Waals surface area contributed by atoms with Crippen molar-refractivity contribution in [1.29, 1.82) is 0 Å². The lowest BCUT2D eigenvalue weighted by atomic mass is 9.88. The lowest BCUT2D eigenvalue weighted by Crippen LogP contribution is -2.14. The molecule has 12 aromatic rings. The molecule has 1 heterocycles. The third-order valence-corrected chi connectivity index (χ3v) is 12.7. The van der Waals surface area contributed by atoms with Crippen LogP contribution >= 0.6 is 0 Å². The molecule has 2 heteroatoms. The molecule has 0 aliphatic rings. The van der Waals surface area contributed by atoms with Gasteiger partial charge >= 0.3 is 0 Å². The Kier molecular flexibility index (Phi) is 9.20. The summed E-state index contributed by atoms with van der Waals surface area (Å²) in [6.07, 6.45) is 0. The highest BCUT2D eigenvalue weighted by molar-refractivity contribution is 6.23. The molecule has 0 saturated heterocycles. The molecule has 0 bridgehead atoms. The number of nitrogens with zero attached hydrogens (tertiary/aromatic N) is 1. The van der Waals surface area contributed by atoms with E-state index >= 15 is 0 Å². The molecule has 0 fully saturated rings. The highest BCUT2D eigenvalue weighted by Gasteiger charge is 2.27. The van der Waals surface area contributed by atoms with Crippen molar-refractivity contribution in [2.24, 2.45) is 0 Å². The van der Waals surface area contributed by atoms with Crippen LogP contribution in [0.25, 0.3) is 99.1 Å². The molecule has 11 aromatic carbocycles. The summed E-state index contributed by atoms with van der Waals surface area (Å²) >= 11 is 0. The van der Waals surface area contributed by atoms with Gasteiger partial charge in [-0.2, -0.15) is 0 Å². The minimum atomic E-state index is 0.877. The normalized spacial score (nSPS) is 11.4. The molecule has 64 heavy (non-hydrogen) atoms. The second-order valence-corrected chi connectivity index (χ2v) is 16.4. The van der Waals surface area contributed by atoms with Crippen molar-refractivity contribution in [2.75, 3.05) is 4.90 Å². The van der Waals surface area contributed by atoms with Gasteiger partial charge in [0.1, 0.15) is 11.2 Å². The van der Waals surface area contributed by atoms with Gasteiger partial charge in [0.05, 0.1) is 11.4 Å². The Morgan fingerprint density at radius 1 is 0.281 bits per heavy atom. The van der Waals surface area contributed by atoms with Crippen molar-refractivity contribution in [1.82, 2.24) is 0 Å². The van der Waals surface area contributed by atoms with E-state index in [-0.39, 0.29) is 0 Å². The van der Waals surface area contributed by atoms with E-state index in [1.54, 1.807) is 0 Å². The maximum atomic E-state index is 6.76. The minimum Gasteiger partial charge on any atom is -0.455 e. The molecule has 0 saturated carbocycles. The van der Waals surface area contributed by atoms with E-state index < -0.39 is 0 Å². The van der Waals surface area contributed by atoms with Gasteiger partial charge in [-0.15, -0.1) is 0 Å². The van der Waals surface area contributed by atoms with Crippen LogP contribution in [0.4, 0.5) is 17.1 Å². The number of hydrogen-bond donors (Lipinski definition) is 0. The molecule has 0 aliphatic heterocycles. The Morgan fingerprint density at radius 2 is 0.781 bits per heavy atom. The fraction of sp³-hybridized carbons (Fsp3) is 0. The maximum Gasteiger partial charge on any atom is 0.143 e. The van der Waals surface area contributed by atoms with Gasteiger partial charge in [-0.25, -0.2) is 0 Å². The first-order valence-electron chi connectivity index (χ1n) is 21.9. The summed E-state index contributed by atoms with van der Waals surface area (Å²) in [4.78, 5) is 2.52. The average molecular weight is 816 g/mol. The predicted octanol–water partition coefficient (Wildman–Crippen LogP) is 17.7. The van der Waals surface area contributed by atoms with Crippen LogP contribution in [0.3, 0.4) is 0 Å². The molecule has 0 radical (unpaired) electrons. The van der Waals surface area contributed by atoms with E-state index in [0.29, 0.717) is 0 Å². The zero-order valence-corrected chi connectivity index (χ0v) is 35.0. The van der Waals surface area contributed by atoms with Gasteiger partial charge in [-0.1, -0.05) is 224 Å². The van der Waals surface area contributed by atoms with Crippen LogP contribution in [0.1, 0.15) is 0 Å². The van der Waals surface area contributed by atoms with Gasteiger partial charge < -0.3 is 9.32 Å². The fourth-order valence-electron chi connectivity index (χ4n) is 9.75. The van der Waals surface area contributed by atoms with Gasteiger partial charge in [-0.05, 0) is 79.4 Å². The Hall–Kier alpha value is -8.46. The van der Waals surface area contributed by atoms with E-state index in [9.17, 15) is 0 Å². The second kappa shape index (κ2) is 15.8. The fourth-order valence-corrected chi connectivity index (χ4v) is 9.75. The summed E-state index contributed by atoms with van der Waals surface area (Å²) < 4.78 is 6.76. The van der Waals surface area contributed by atoms with Crippen LogP contribution in [0.15, 0.2) is 253 Å². The zero-order valence-electron chi connectivity index (χ0n) is 35.0. The minimum absolute atomic E-state index is 0.877. The molecule has 0 atom stereocenters. The Balaban J connectivity index is 1.18. The van der Waals surface area contributed by atoms with Gasteiger partial charge in [-0.3, -0.25) is 0 Å². The van der Waals surface area contributed by atoms with Crippen molar-refractivity contribution < 1.29 is 4.42 Å². The number of furan rings is 1. The number of anilines is 3. The predicted molar refractivity (Wildman–Crippen MR) is 271 cm³/mol. The first-order valence-corrected chi connectivity index (χ1v) is 21.9. The van der Waals surface area contributed by atoms with Crippen LogP contribution in [0, 0.1) is 0 Å². The Morgan fingerprint density at radius 3 is 1.52 bits per heavy atom. The molecular formula is C62H41NO. The molecule has 2 nitrogen and oxygen atoms in total. The van der Waals surface area contributed by atoms with Gasteiger partial charge in [0.15, 0.2) is 0 Å². The lowest BCUT2D eigenvalue weighted by molar-refractivity contribution is 0.670. The monoisotopic (exact) mass is 815 g/mol. The number of rotatable bonds is 8. The lowest BCUT2D eigenvalue weighted by Gasteiger charge is -2.32. The molecular weight excluding hydrogens is 775 g/mol. The first kappa shape index (κ1) is 37.3. The highest BCUT2D eigenvalue weighted by Crippen LogP contribution is 2.53. The molecule has 0 spiro atoms. The standard InChI is InChI=1S/C62H41NO/c1-4-19-42(20-5-1)43-35-37-45(38-36-43)48-40-39-47(41-57(48)44-21-6-2-7-22-44)63(58-33-16-14-27-51(58)55-31-18-32-56-52-28-15-17-34-59(52)64-62(55)56)61-54-30-13-11-26-50(54)49-25-10-12-29-53(49)60(61)46-23-8-3-9-24-46/h1-41H. The summed E-state index contributed by atoms with van der Waals surface area (Å²) in [7, 11) is 0. The number of benzene rings is 11. The summed E-state index contributed by atoms with van der Waals surface area (Å²) in [6, 6.07) is 89.8. The van der Waals surface area contributed by atoms with E-state index in [2.05, 4.69) is 248 Å². The van der Waals surface area contributed by atoms with Crippen LogP contribution in [-0.4, -0.2) is 0 Å². The SMILES string of the molecule is c1ccc(-c2ccc(-c3ccc(N(c4ccccc4-c4cccc5c4oc4ccccc45)c4c(-c5ccccc5)c5ccccc5c5ccccc45)cc3-c3ccccc3)cc2)cc1. The largest absolute Gasteiger partial charge is 0.455 e. The first-order chi connectivity index (χ1) is 31.8. The summed E-state index contributed by atoms with van der Waals surface area (Å²) in [6.45, 7) is 0. The van der Waals surface area contributed by atoms with Crippen LogP contribution in [0.5, 0.6) is 0 Å². The van der Waals surface area contributed by atoms with E-state index in [4.69, 9.17) is 4.42 Å². The van der Waals surface area contributed by atoms with E-state index in [0.717, 1.165) is 72.4 Å².